The normalized spacial score (nSPS) is 22.7. The van der Waals surface area contributed by atoms with E-state index in [1.54, 1.807) is 25.1 Å². The first-order valence-corrected chi connectivity index (χ1v) is 7.65. The van der Waals surface area contributed by atoms with E-state index in [2.05, 4.69) is 0 Å². The molecule has 1 aromatic heterocycles. The maximum atomic E-state index is 11.3. The molecule has 1 aliphatic rings. The highest BCUT2D eigenvalue weighted by atomic mass is 16.7. The smallest absolute Gasteiger partial charge is 0.405 e. The van der Waals surface area contributed by atoms with Gasteiger partial charge in [-0.3, -0.25) is 0 Å². The molecule has 0 spiro atoms. The van der Waals surface area contributed by atoms with Crippen LogP contribution in [0.25, 0.3) is 11.0 Å². The number of aliphatic hydroxyl groups is 1. The largest absolute Gasteiger partial charge is 0.494 e. The molecule has 0 saturated carbocycles. The highest BCUT2D eigenvalue weighted by molar-refractivity contribution is 5.77. The molecule has 0 saturated heterocycles. The molecule has 1 aromatic carbocycles. The Kier molecular flexibility index (Phi) is 4.72. The number of allylic oxidation sites excluding steroid dienone is 1. The number of nitrogens with two attached hydrogens (primary N) is 1. The van der Waals surface area contributed by atoms with Gasteiger partial charge in [-0.25, -0.2) is 9.59 Å². The van der Waals surface area contributed by atoms with Gasteiger partial charge in [0.05, 0.1) is 7.11 Å². The predicted octanol–water partition coefficient (Wildman–Crippen LogP) is 1.23. The zero-order valence-corrected chi connectivity index (χ0v) is 14.0. The van der Waals surface area contributed by atoms with E-state index in [9.17, 15) is 14.7 Å². The quantitative estimate of drug-likeness (QED) is 0.776. The molecule has 2 aromatic rings. The summed E-state index contributed by atoms with van der Waals surface area (Å²) in [4.78, 5) is 22.5. The molecule has 2 heterocycles. The molecular weight excluding hydrogens is 346 g/mol. The fourth-order valence-electron chi connectivity index (χ4n) is 2.65. The van der Waals surface area contributed by atoms with Crippen LogP contribution in [0, 0.1) is 0 Å². The third kappa shape index (κ3) is 3.42. The Labute approximate surface area is 147 Å². The summed E-state index contributed by atoms with van der Waals surface area (Å²) < 4.78 is 26.3. The molecule has 1 amide bonds. The highest BCUT2D eigenvalue weighted by Crippen LogP contribution is 2.30. The Bertz CT molecular complexity index is 918. The van der Waals surface area contributed by atoms with E-state index >= 15 is 0 Å². The number of hydrogen-bond acceptors (Lipinski definition) is 8. The summed E-state index contributed by atoms with van der Waals surface area (Å²) >= 11 is 0. The van der Waals surface area contributed by atoms with Gasteiger partial charge in [0, 0.05) is 17.5 Å². The van der Waals surface area contributed by atoms with Crippen molar-refractivity contribution in [2.45, 2.75) is 25.4 Å². The average Bonchev–Trinajstić information content (AvgIpc) is 2.58. The van der Waals surface area contributed by atoms with E-state index < -0.39 is 30.2 Å². The lowest BCUT2D eigenvalue weighted by Gasteiger charge is -2.35. The Morgan fingerprint density at radius 2 is 2.00 bits per heavy atom. The van der Waals surface area contributed by atoms with Crippen LogP contribution in [0.5, 0.6) is 5.75 Å². The van der Waals surface area contributed by atoms with Crippen LogP contribution >= 0.6 is 0 Å². The number of rotatable bonds is 4. The van der Waals surface area contributed by atoms with Crippen LogP contribution in [-0.4, -0.2) is 36.8 Å². The van der Waals surface area contributed by atoms with Gasteiger partial charge in [-0.2, -0.15) is 0 Å². The first kappa shape index (κ1) is 17.6. The SMILES string of the molecule is COC1=C(C)OC(Oc2ccc3ccc(=O)oc3c2)C(O)C1OC(N)=O. The highest BCUT2D eigenvalue weighted by Gasteiger charge is 2.43. The van der Waals surface area contributed by atoms with Crippen LogP contribution in [0.2, 0.25) is 0 Å². The number of aliphatic hydroxyl groups excluding tert-OH is 1. The summed E-state index contributed by atoms with van der Waals surface area (Å²) in [7, 11) is 1.35. The van der Waals surface area contributed by atoms with Crippen LogP contribution in [0.4, 0.5) is 4.79 Å². The molecule has 3 rings (SSSR count). The number of ether oxygens (including phenoxy) is 4. The first-order chi connectivity index (χ1) is 12.4. The van der Waals surface area contributed by atoms with E-state index in [0.29, 0.717) is 11.0 Å². The molecule has 0 aliphatic carbocycles. The minimum absolute atomic E-state index is 0.126. The summed E-state index contributed by atoms with van der Waals surface area (Å²) in [5, 5.41) is 11.1. The van der Waals surface area contributed by atoms with Crippen LogP contribution in [-0.2, 0) is 14.2 Å². The van der Waals surface area contributed by atoms with E-state index in [1.807, 2.05) is 0 Å². The molecule has 9 heteroatoms. The van der Waals surface area contributed by atoms with Crippen LogP contribution in [0.3, 0.4) is 0 Å². The standard InChI is InChI=1S/C17H17NO8/c1-8-14(22-2)15(26-17(18)21)13(20)16(23-8)24-10-5-3-9-4-6-12(19)25-11(9)7-10/h3-7,13,15-16,20H,1-2H3,(H2,18,21). The molecule has 9 nitrogen and oxygen atoms in total. The van der Waals surface area contributed by atoms with Gasteiger partial charge in [0.2, 0.25) is 0 Å². The third-order valence-electron chi connectivity index (χ3n) is 3.80. The number of fused-ring (bicyclic) bond motifs is 1. The Morgan fingerprint density at radius 3 is 2.69 bits per heavy atom. The summed E-state index contributed by atoms with van der Waals surface area (Å²) in [6.45, 7) is 1.57. The van der Waals surface area contributed by atoms with Crippen molar-refractivity contribution in [1.82, 2.24) is 0 Å². The lowest BCUT2D eigenvalue weighted by atomic mass is 10.1. The van der Waals surface area contributed by atoms with Crippen LogP contribution < -0.4 is 16.1 Å². The molecule has 26 heavy (non-hydrogen) atoms. The number of primary amides is 1. The molecule has 1 aliphatic heterocycles. The van der Waals surface area contributed by atoms with Crippen molar-refractivity contribution in [1.29, 1.82) is 0 Å². The van der Waals surface area contributed by atoms with E-state index in [0.717, 1.165) is 0 Å². The lowest BCUT2D eigenvalue weighted by molar-refractivity contribution is -0.174. The Balaban J connectivity index is 1.88. The number of carbonyl (C=O) groups excluding carboxylic acids is 1. The van der Waals surface area contributed by atoms with Crippen molar-refractivity contribution in [3.05, 3.63) is 52.3 Å². The van der Waals surface area contributed by atoms with Crippen LogP contribution in [0.15, 0.2) is 51.1 Å². The number of hydrogen-bond donors (Lipinski definition) is 2. The predicted molar refractivity (Wildman–Crippen MR) is 88.2 cm³/mol. The molecule has 3 N–H and O–H groups in total. The topological polar surface area (TPSA) is 130 Å². The Hall–Kier alpha value is -3.20. The first-order valence-electron chi connectivity index (χ1n) is 7.65. The monoisotopic (exact) mass is 363 g/mol. The van der Waals surface area contributed by atoms with Crippen molar-refractivity contribution in [2.75, 3.05) is 7.11 Å². The van der Waals surface area contributed by atoms with Crippen molar-refractivity contribution in [2.24, 2.45) is 5.73 Å². The van der Waals surface area contributed by atoms with Crippen molar-refractivity contribution >= 4 is 17.1 Å². The van der Waals surface area contributed by atoms with E-state index in [1.165, 1.54) is 19.2 Å². The molecular formula is C17H17NO8. The summed E-state index contributed by atoms with van der Waals surface area (Å²) in [5.74, 6) is 0.671. The third-order valence-corrected chi connectivity index (χ3v) is 3.80. The van der Waals surface area contributed by atoms with Gasteiger partial charge in [-0.15, -0.1) is 0 Å². The van der Waals surface area contributed by atoms with E-state index in [-0.39, 0.29) is 17.3 Å². The van der Waals surface area contributed by atoms with Crippen LogP contribution in [0.1, 0.15) is 6.92 Å². The zero-order valence-electron chi connectivity index (χ0n) is 14.0. The van der Waals surface area contributed by atoms with Gasteiger partial charge in [-0.05, 0) is 25.1 Å². The van der Waals surface area contributed by atoms with Crippen molar-refractivity contribution in [3.8, 4) is 5.75 Å². The van der Waals surface area contributed by atoms with Gasteiger partial charge >= 0.3 is 11.7 Å². The summed E-state index contributed by atoms with van der Waals surface area (Å²) in [6.07, 6.45) is -4.87. The van der Waals surface area contributed by atoms with Crippen molar-refractivity contribution in [3.63, 3.8) is 0 Å². The second-order valence-electron chi connectivity index (χ2n) is 5.53. The number of carbonyl (C=O) groups is 1. The van der Waals surface area contributed by atoms with Gasteiger partial charge in [0.25, 0.3) is 6.29 Å². The minimum Gasteiger partial charge on any atom is -0.494 e. The van der Waals surface area contributed by atoms with Crippen molar-refractivity contribution < 1.29 is 33.3 Å². The van der Waals surface area contributed by atoms with Gasteiger partial charge in [-0.1, -0.05) is 0 Å². The number of benzene rings is 1. The summed E-state index contributed by atoms with van der Waals surface area (Å²) in [6, 6.07) is 7.72. The fraction of sp³-hybridized carbons (Fsp3) is 0.294. The van der Waals surface area contributed by atoms with Gasteiger partial charge in [0.15, 0.2) is 18.0 Å². The average molecular weight is 363 g/mol. The zero-order chi connectivity index (χ0) is 18.8. The maximum absolute atomic E-state index is 11.3. The van der Waals surface area contributed by atoms with Gasteiger partial charge in [0.1, 0.15) is 17.1 Å². The fourth-order valence-corrected chi connectivity index (χ4v) is 2.65. The maximum Gasteiger partial charge on any atom is 0.405 e. The lowest BCUT2D eigenvalue weighted by Crippen LogP contribution is -2.49. The van der Waals surface area contributed by atoms with Gasteiger partial charge < -0.3 is 34.2 Å². The minimum atomic E-state index is -1.40. The molecule has 138 valence electrons. The Morgan fingerprint density at radius 1 is 1.27 bits per heavy atom. The molecule has 0 radical (unpaired) electrons. The van der Waals surface area contributed by atoms with E-state index in [4.69, 9.17) is 29.1 Å². The number of methoxy groups -OCH3 is 1. The summed E-state index contributed by atoms with van der Waals surface area (Å²) in [5.41, 5.74) is 4.87. The second kappa shape index (κ2) is 6.96. The molecule has 3 unspecified atom stereocenters. The molecule has 0 fully saturated rings. The number of amides is 1. The second-order valence-corrected chi connectivity index (χ2v) is 5.53. The molecule has 0 bridgehead atoms. The molecule has 3 atom stereocenters.